The topological polar surface area (TPSA) is 92.2 Å². The van der Waals surface area contributed by atoms with Gasteiger partial charge in [-0.2, -0.15) is 0 Å². The van der Waals surface area contributed by atoms with Crippen molar-refractivity contribution < 1.29 is 14.4 Å². The first-order valence-corrected chi connectivity index (χ1v) is 8.84. The van der Waals surface area contributed by atoms with Crippen molar-refractivity contribution in [3.63, 3.8) is 0 Å². The van der Waals surface area contributed by atoms with Gasteiger partial charge in [0.25, 0.3) is 5.91 Å². The molecule has 140 valence electrons. The molecule has 0 saturated heterocycles. The van der Waals surface area contributed by atoms with Crippen LogP contribution in [0.1, 0.15) is 16.8 Å². The Morgan fingerprint density at radius 2 is 1.68 bits per heavy atom. The van der Waals surface area contributed by atoms with Crippen molar-refractivity contribution in [1.29, 1.82) is 0 Å². The van der Waals surface area contributed by atoms with Gasteiger partial charge in [0.2, 0.25) is 11.8 Å². The molecule has 1 atom stereocenters. The van der Waals surface area contributed by atoms with Crippen LogP contribution in [0.25, 0.3) is 5.69 Å². The van der Waals surface area contributed by atoms with Crippen LogP contribution in [-0.2, 0) is 9.59 Å². The summed E-state index contributed by atoms with van der Waals surface area (Å²) in [6.07, 6.45) is 3.70. The Balaban J connectivity index is 1.41. The predicted molar refractivity (Wildman–Crippen MR) is 105 cm³/mol. The fourth-order valence-electron chi connectivity index (χ4n) is 3.08. The molecule has 3 amide bonds. The van der Waals surface area contributed by atoms with Crippen LogP contribution >= 0.6 is 0 Å². The Morgan fingerprint density at radius 1 is 0.964 bits per heavy atom. The summed E-state index contributed by atoms with van der Waals surface area (Å²) in [7, 11) is 0. The highest BCUT2D eigenvalue weighted by molar-refractivity contribution is 6.11. The maximum atomic E-state index is 12.4. The van der Waals surface area contributed by atoms with Gasteiger partial charge in [-0.05, 0) is 48.5 Å². The molecule has 0 unspecified atom stereocenters. The van der Waals surface area contributed by atoms with E-state index in [9.17, 15) is 14.4 Å². The lowest BCUT2D eigenvalue weighted by atomic mass is 10.1. The summed E-state index contributed by atoms with van der Waals surface area (Å²) in [6.45, 7) is 0. The van der Waals surface area contributed by atoms with Gasteiger partial charge in [-0.1, -0.05) is 12.1 Å². The third-order valence-corrected chi connectivity index (χ3v) is 4.49. The zero-order valence-corrected chi connectivity index (χ0v) is 14.9. The largest absolute Gasteiger partial charge is 0.340 e. The molecule has 0 saturated carbocycles. The van der Waals surface area contributed by atoms with E-state index in [1.165, 1.54) is 0 Å². The third kappa shape index (κ3) is 3.64. The van der Waals surface area contributed by atoms with E-state index in [2.05, 4.69) is 16.0 Å². The number of aromatic nitrogens is 1. The first-order chi connectivity index (χ1) is 13.6. The summed E-state index contributed by atoms with van der Waals surface area (Å²) in [4.78, 5) is 37.1. The van der Waals surface area contributed by atoms with Gasteiger partial charge in [0.15, 0.2) is 0 Å². The summed E-state index contributed by atoms with van der Waals surface area (Å²) in [5.74, 6) is -1.17. The maximum absolute atomic E-state index is 12.4. The lowest BCUT2D eigenvalue weighted by molar-refractivity contribution is -0.122. The van der Waals surface area contributed by atoms with Crippen LogP contribution in [0.5, 0.6) is 0 Å². The fraction of sp³-hybridized carbons (Fsp3) is 0.0952. The number of fused-ring (bicyclic) bond motifs is 1. The minimum Gasteiger partial charge on any atom is -0.340 e. The summed E-state index contributed by atoms with van der Waals surface area (Å²) < 4.78 is 1.95. The number of carbonyl (C=O) groups excluding carboxylic acids is 3. The van der Waals surface area contributed by atoms with Crippen LogP contribution in [0, 0.1) is 0 Å². The number of hydrogen-bond acceptors (Lipinski definition) is 3. The van der Waals surface area contributed by atoms with Crippen LogP contribution in [0.15, 0.2) is 73.1 Å². The molecular formula is C21H18N4O3. The Kier molecular flexibility index (Phi) is 4.63. The van der Waals surface area contributed by atoms with Crippen molar-refractivity contribution in [3.05, 3.63) is 78.6 Å². The Morgan fingerprint density at radius 3 is 2.43 bits per heavy atom. The number of benzene rings is 2. The van der Waals surface area contributed by atoms with Crippen LogP contribution in [0.4, 0.5) is 11.4 Å². The average molecular weight is 374 g/mol. The summed E-state index contributed by atoms with van der Waals surface area (Å²) in [6, 6.07) is 17.0. The molecule has 1 aromatic heterocycles. The smallest absolute Gasteiger partial charge is 0.254 e. The van der Waals surface area contributed by atoms with Gasteiger partial charge in [0.1, 0.15) is 6.04 Å². The van der Waals surface area contributed by atoms with Crippen molar-refractivity contribution in [2.75, 3.05) is 10.6 Å². The van der Waals surface area contributed by atoms with Gasteiger partial charge in [-0.3, -0.25) is 14.4 Å². The highest BCUT2D eigenvalue weighted by Crippen LogP contribution is 2.19. The van der Waals surface area contributed by atoms with Crippen molar-refractivity contribution in [1.82, 2.24) is 9.88 Å². The van der Waals surface area contributed by atoms with Crippen molar-refractivity contribution in [3.8, 4) is 5.69 Å². The van der Waals surface area contributed by atoms with E-state index in [1.807, 2.05) is 41.2 Å². The second-order valence-electron chi connectivity index (χ2n) is 6.45. The van der Waals surface area contributed by atoms with E-state index >= 15 is 0 Å². The molecule has 2 heterocycles. The summed E-state index contributed by atoms with van der Waals surface area (Å²) >= 11 is 0. The zero-order valence-electron chi connectivity index (χ0n) is 14.9. The Hall–Kier alpha value is -3.87. The monoisotopic (exact) mass is 374 g/mol. The Labute approximate surface area is 161 Å². The Bertz CT molecular complexity index is 1030. The van der Waals surface area contributed by atoms with Crippen LogP contribution < -0.4 is 16.0 Å². The van der Waals surface area contributed by atoms with E-state index in [1.54, 1.807) is 36.4 Å². The van der Waals surface area contributed by atoms with Crippen LogP contribution in [0.3, 0.4) is 0 Å². The number of carbonyl (C=O) groups is 3. The van der Waals surface area contributed by atoms with E-state index < -0.39 is 11.9 Å². The molecule has 0 bridgehead atoms. The minimum atomic E-state index is -0.945. The molecule has 3 aromatic rings. The molecule has 0 fully saturated rings. The van der Waals surface area contributed by atoms with Gasteiger partial charge in [-0.15, -0.1) is 0 Å². The number of hydrogen-bond donors (Lipinski definition) is 3. The SMILES string of the molecule is O=C(C[C@@H]1NC(=O)c2ccccc2NC1=O)Nc1ccc(-n2cccc2)cc1. The van der Waals surface area contributed by atoms with Crippen molar-refractivity contribution >= 4 is 29.1 Å². The molecule has 7 heteroatoms. The number of nitrogens with one attached hydrogen (secondary N) is 3. The van der Waals surface area contributed by atoms with Crippen molar-refractivity contribution in [2.45, 2.75) is 12.5 Å². The first kappa shape index (κ1) is 17.5. The van der Waals surface area contributed by atoms with E-state index in [0.717, 1.165) is 5.69 Å². The molecule has 0 radical (unpaired) electrons. The molecule has 0 spiro atoms. The average Bonchev–Trinajstić information content (AvgIpc) is 3.19. The molecule has 4 rings (SSSR count). The van der Waals surface area contributed by atoms with Crippen LogP contribution in [-0.4, -0.2) is 28.3 Å². The first-order valence-electron chi connectivity index (χ1n) is 8.84. The number of anilines is 2. The van der Waals surface area contributed by atoms with Gasteiger partial charge in [-0.25, -0.2) is 0 Å². The van der Waals surface area contributed by atoms with E-state index in [4.69, 9.17) is 0 Å². The van der Waals surface area contributed by atoms with Gasteiger partial charge in [0, 0.05) is 23.8 Å². The molecular weight excluding hydrogens is 356 g/mol. The number of para-hydroxylation sites is 1. The van der Waals surface area contributed by atoms with E-state index in [0.29, 0.717) is 16.9 Å². The molecule has 1 aliphatic rings. The number of nitrogens with zero attached hydrogens (tertiary/aromatic N) is 1. The van der Waals surface area contributed by atoms with E-state index in [-0.39, 0.29) is 18.2 Å². The minimum absolute atomic E-state index is 0.162. The quantitative estimate of drug-likeness (QED) is 0.655. The highest BCUT2D eigenvalue weighted by atomic mass is 16.2. The summed E-state index contributed by atoms with van der Waals surface area (Å²) in [5.41, 5.74) is 2.40. The number of rotatable bonds is 4. The molecule has 0 aliphatic carbocycles. The predicted octanol–water partition coefficient (Wildman–Crippen LogP) is 2.56. The molecule has 28 heavy (non-hydrogen) atoms. The molecule has 7 nitrogen and oxygen atoms in total. The normalized spacial score (nSPS) is 15.8. The third-order valence-electron chi connectivity index (χ3n) is 4.49. The summed E-state index contributed by atoms with van der Waals surface area (Å²) in [5, 5.41) is 8.06. The fourth-order valence-corrected chi connectivity index (χ4v) is 3.08. The maximum Gasteiger partial charge on any atom is 0.254 e. The van der Waals surface area contributed by atoms with Crippen LogP contribution in [0.2, 0.25) is 0 Å². The zero-order chi connectivity index (χ0) is 19.5. The highest BCUT2D eigenvalue weighted by Gasteiger charge is 2.29. The lowest BCUT2D eigenvalue weighted by Crippen LogP contribution is -2.43. The molecule has 2 aromatic carbocycles. The second-order valence-corrected chi connectivity index (χ2v) is 6.45. The standard InChI is InChI=1S/C21H18N4O3/c26-19(22-14-7-9-15(10-8-14)25-11-3-4-12-25)13-18-21(28)23-17-6-2-1-5-16(17)20(27)24-18/h1-12,18H,13H2,(H,22,26)(H,23,28)(H,24,27)/t18-/m0/s1. The lowest BCUT2D eigenvalue weighted by Gasteiger charge is -2.14. The van der Waals surface area contributed by atoms with Crippen molar-refractivity contribution in [2.24, 2.45) is 0 Å². The van der Waals surface area contributed by atoms with Gasteiger partial charge < -0.3 is 20.5 Å². The molecule has 1 aliphatic heterocycles. The molecule has 3 N–H and O–H groups in total. The van der Waals surface area contributed by atoms with Gasteiger partial charge in [0.05, 0.1) is 17.7 Å². The second kappa shape index (κ2) is 7.40. The number of amides is 3. The van der Waals surface area contributed by atoms with Gasteiger partial charge >= 0.3 is 0 Å².